The number of nitrogens with one attached hydrogen (secondary N) is 4. The number of hydrogen-bond acceptors (Lipinski definition) is 13. The van der Waals surface area contributed by atoms with E-state index in [1.165, 1.54) is 4.90 Å². The van der Waals surface area contributed by atoms with Gasteiger partial charge in [0.1, 0.15) is 0 Å². The van der Waals surface area contributed by atoms with Crippen LogP contribution in [0.5, 0.6) is 0 Å². The first-order valence-electron chi connectivity index (χ1n) is 19.6. The largest absolute Gasteiger partial charge is 0.399 e. The second kappa shape index (κ2) is 30.8. The SMILES string of the molecule is CC.CC.CN(CC(=O)Nc1cccc(N)c1)CC(=O)Nc1cccc(N)c1.CN(CC(=O)Nc1cccc(N)c1)CC(=O)Nc1cccc(N)c1.CN(CC(N)=O)CC(N)=O. The summed E-state index contributed by atoms with van der Waals surface area (Å²) in [5.74, 6) is -1.83. The molecule has 0 aromatic heterocycles. The van der Waals surface area contributed by atoms with Gasteiger partial charge in [-0.15, -0.1) is 0 Å². The maximum absolute atomic E-state index is 12.0. The Morgan fingerprint density at radius 2 is 0.581 bits per heavy atom. The van der Waals surface area contributed by atoms with Crippen LogP contribution in [0.1, 0.15) is 27.7 Å². The Balaban J connectivity index is 0.000000929. The summed E-state index contributed by atoms with van der Waals surface area (Å²) in [5.41, 5.74) is 37.1. The molecule has 0 unspecified atom stereocenters. The number of carbonyl (C=O) groups is 6. The highest BCUT2D eigenvalue weighted by molar-refractivity contribution is 5.96. The smallest absolute Gasteiger partial charge is 0.238 e. The number of amides is 6. The fourth-order valence-electron chi connectivity index (χ4n) is 4.95. The normalized spacial score (nSPS) is 9.84. The molecule has 0 radical (unpaired) electrons. The van der Waals surface area contributed by atoms with Gasteiger partial charge in [-0.05, 0) is 93.9 Å². The number of anilines is 8. The van der Waals surface area contributed by atoms with E-state index < -0.39 is 11.8 Å². The summed E-state index contributed by atoms with van der Waals surface area (Å²) in [7, 11) is 4.98. The highest BCUT2D eigenvalue weighted by Gasteiger charge is 2.13. The van der Waals surface area contributed by atoms with Gasteiger partial charge < -0.3 is 55.7 Å². The van der Waals surface area contributed by atoms with Crippen LogP contribution in [0.2, 0.25) is 0 Å². The number of primary amides is 2. The van der Waals surface area contributed by atoms with Gasteiger partial charge in [0.25, 0.3) is 0 Å². The molecule has 0 heterocycles. The first-order chi connectivity index (χ1) is 29.4. The van der Waals surface area contributed by atoms with Crippen molar-refractivity contribution in [2.45, 2.75) is 27.7 Å². The van der Waals surface area contributed by atoms with Gasteiger partial charge in [0.05, 0.1) is 39.3 Å². The minimum atomic E-state index is -0.469. The third-order valence-corrected chi connectivity index (χ3v) is 7.19. The van der Waals surface area contributed by atoms with E-state index in [2.05, 4.69) is 21.3 Å². The predicted octanol–water partition coefficient (Wildman–Crippen LogP) is 2.66. The van der Waals surface area contributed by atoms with E-state index in [1.807, 2.05) is 27.7 Å². The Bertz CT molecular complexity index is 1750. The Morgan fingerprint density at radius 1 is 0.387 bits per heavy atom. The number of nitrogens with zero attached hydrogens (tertiary/aromatic N) is 3. The Hall–Kier alpha value is -7.22. The molecule has 0 bridgehead atoms. The number of nitrogens with two attached hydrogens (primary N) is 6. The average molecular weight is 860 g/mol. The zero-order valence-corrected chi connectivity index (χ0v) is 36.7. The van der Waals surface area contributed by atoms with Gasteiger partial charge in [-0.1, -0.05) is 52.0 Å². The summed E-state index contributed by atoms with van der Waals surface area (Å²) in [4.78, 5) is 73.0. The number of nitrogen functional groups attached to an aromatic ring is 4. The lowest BCUT2D eigenvalue weighted by atomic mass is 10.3. The van der Waals surface area contributed by atoms with Crippen LogP contribution < -0.4 is 55.7 Å². The summed E-state index contributed by atoms with van der Waals surface area (Å²) in [5, 5.41) is 10.9. The summed E-state index contributed by atoms with van der Waals surface area (Å²) in [6, 6.07) is 27.7. The number of likely N-dealkylation sites (N-methyl/N-ethyl adjacent to an activating group) is 3. The maximum Gasteiger partial charge on any atom is 0.238 e. The minimum Gasteiger partial charge on any atom is -0.399 e. The van der Waals surface area contributed by atoms with Gasteiger partial charge in [0.15, 0.2) is 0 Å². The van der Waals surface area contributed by atoms with Gasteiger partial charge in [-0.2, -0.15) is 0 Å². The van der Waals surface area contributed by atoms with Gasteiger partial charge in [-0.3, -0.25) is 43.5 Å². The molecular weight excluding hydrogens is 795 g/mol. The van der Waals surface area contributed by atoms with Crippen molar-refractivity contribution >= 4 is 80.9 Å². The molecule has 6 amide bonds. The highest BCUT2D eigenvalue weighted by Crippen LogP contribution is 2.14. The molecule has 0 fully saturated rings. The molecule has 338 valence electrons. The van der Waals surface area contributed by atoms with E-state index in [4.69, 9.17) is 34.4 Å². The zero-order chi connectivity index (χ0) is 47.2. The second-order valence-corrected chi connectivity index (χ2v) is 13.1. The average Bonchev–Trinajstić information content (AvgIpc) is 3.16. The standard InChI is InChI=1S/2C17H21N5O2.C5H11N3O2.2C2H6/c2*1-22(10-16(23)20-14-6-2-4-12(18)8-14)11-17(24)21-15-7-3-5-13(19)9-15;1-8(2-4(6)9)3-5(7)10;2*1-2/h2*2-9H,10-11,18-19H2,1H3,(H,20,23)(H,21,24);2-3H2,1H3,(H2,6,9)(H2,7,10);2*1-2H3. The van der Waals surface area contributed by atoms with Crippen LogP contribution >= 0.6 is 0 Å². The number of hydrogen-bond donors (Lipinski definition) is 10. The van der Waals surface area contributed by atoms with Crippen molar-refractivity contribution in [3.05, 3.63) is 97.1 Å². The fourth-order valence-corrected chi connectivity index (χ4v) is 4.95. The number of carbonyl (C=O) groups excluding carboxylic acids is 6. The molecule has 4 aromatic rings. The van der Waals surface area contributed by atoms with Crippen LogP contribution in [0.15, 0.2) is 97.1 Å². The molecule has 0 aliphatic heterocycles. The van der Waals surface area contributed by atoms with E-state index in [0.717, 1.165) is 0 Å². The van der Waals surface area contributed by atoms with Crippen LogP contribution in [0.3, 0.4) is 0 Å². The first-order valence-corrected chi connectivity index (χ1v) is 19.6. The van der Waals surface area contributed by atoms with Gasteiger partial charge in [0, 0.05) is 45.5 Å². The molecule has 0 saturated heterocycles. The molecule has 0 saturated carbocycles. The van der Waals surface area contributed by atoms with Crippen molar-refractivity contribution < 1.29 is 28.8 Å². The monoisotopic (exact) mass is 860 g/mol. The van der Waals surface area contributed by atoms with E-state index in [0.29, 0.717) is 45.5 Å². The van der Waals surface area contributed by atoms with Crippen LogP contribution in [0.4, 0.5) is 45.5 Å². The topological polar surface area (TPSA) is 316 Å². The Morgan fingerprint density at radius 3 is 0.758 bits per heavy atom. The lowest BCUT2D eigenvalue weighted by Gasteiger charge is -2.16. The molecule has 0 aliphatic carbocycles. The van der Waals surface area contributed by atoms with Crippen molar-refractivity contribution in [1.82, 2.24) is 14.7 Å². The van der Waals surface area contributed by atoms with E-state index in [1.54, 1.807) is 128 Å². The predicted molar refractivity (Wildman–Crippen MR) is 252 cm³/mol. The fraction of sp³-hybridized carbons (Fsp3) is 0.302. The van der Waals surface area contributed by atoms with Crippen molar-refractivity contribution in [3.8, 4) is 0 Å². The molecule has 4 aromatic carbocycles. The molecule has 19 nitrogen and oxygen atoms in total. The van der Waals surface area contributed by atoms with Crippen molar-refractivity contribution in [3.63, 3.8) is 0 Å². The van der Waals surface area contributed by atoms with Crippen LogP contribution in [-0.2, 0) is 28.8 Å². The molecule has 62 heavy (non-hydrogen) atoms. The van der Waals surface area contributed by atoms with E-state index in [-0.39, 0.29) is 62.9 Å². The van der Waals surface area contributed by atoms with Crippen molar-refractivity contribution in [1.29, 1.82) is 0 Å². The highest BCUT2D eigenvalue weighted by atomic mass is 16.2. The third kappa shape index (κ3) is 26.7. The van der Waals surface area contributed by atoms with E-state index in [9.17, 15) is 28.8 Å². The molecule has 19 heteroatoms. The minimum absolute atomic E-state index is 0.0585. The maximum atomic E-state index is 12.0. The Kier molecular flexibility index (Phi) is 27.2. The van der Waals surface area contributed by atoms with Crippen molar-refractivity contribution in [2.75, 3.05) is 105 Å². The number of rotatable bonds is 16. The Labute approximate surface area is 364 Å². The summed E-state index contributed by atoms with van der Waals surface area (Å²) < 4.78 is 0. The summed E-state index contributed by atoms with van der Waals surface area (Å²) in [6.45, 7) is 8.45. The first kappa shape index (κ1) is 54.8. The summed E-state index contributed by atoms with van der Waals surface area (Å²) in [6.07, 6.45) is 0. The van der Waals surface area contributed by atoms with Crippen LogP contribution in [-0.4, -0.2) is 111 Å². The van der Waals surface area contributed by atoms with Crippen LogP contribution in [0, 0.1) is 0 Å². The van der Waals surface area contributed by atoms with Crippen molar-refractivity contribution in [2.24, 2.45) is 11.5 Å². The molecule has 0 atom stereocenters. The zero-order valence-electron chi connectivity index (χ0n) is 36.7. The molecule has 0 spiro atoms. The molecule has 4 rings (SSSR count). The van der Waals surface area contributed by atoms with Crippen LogP contribution in [0.25, 0.3) is 0 Å². The molecular formula is C43H65N13O6. The lowest BCUT2D eigenvalue weighted by molar-refractivity contribution is -0.122. The number of benzene rings is 4. The van der Waals surface area contributed by atoms with Gasteiger partial charge in [-0.25, -0.2) is 0 Å². The molecule has 16 N–H and O–H groups in total. The van der Waals surface area contributed by atoms with Gasteiger partial charge >= 0.3 is 0 Å². The second-order valence-electron chi connectivity index (χ2n) is 13.1. The van der Waals surface area contributed by atoms with E-state index >= 15 is 0 Å². The quantitative estimate of drug-likeness (QED) is 0.0726. The lowest BCUT2D eigenvalue weighted by Crippen LogP contribution is -2.36. The molecule has 0 aliphatic rings. The van der Waals surface area contributed by atoms with Gasteiger partial charge in [0.2, 0.25) is 35.4 Å². The third-order valence-electron chi connectivity index (χ3n) is 7.19. The summed E-state index contributed by atoms with van der Waals surface area (Å²) >= 11 is 0.